The number of benzene rings is 1. The lowest BCUT2D eigenvalue weighted by Gasteiger charge is -2.33. The van der Waals surface area contributed by atoms with Gasteiger partial charge in [-0.1, -0.05) is 6.07 Å². The highest BCUT2D eigenvalue weighted by molar-refractivity contribution is 5.91. The largest absolute Gasteiger partial charge is 0.465 e. The first-order valence-electron chi connectivity index (χ1n) is 9.27. The average molecular weight is 361 g/mol. The van der Waals surface area contributed by atoms with Crippen LogP contribution in [0.3, 0.4) is 0 Å². The van der Waals surface area contributed by atoms with Crippen molar-refractivity contribution in [3.05, 3.63) is 34.4 Å². The van der Waals surface area contributed by atoms with E-state index in [1.807, 2.05) is 33.8 Å². The third kappa shape index (κ3) is 5.23. The monoisotopic (exact) mass is 361 g/mol. The van der Waals surface area contributed by atoms with Crippen molar-refractivity contribution >= 4 is 12.1 Å². The fourth-order valence-corrected chi connectivity index (χ4v) is 3.40. The highest BCUT2D eigenvalue weighted by atomic mass is 16.6. The third-order valence-corrected chi connectivity index (χ3v) is 4.86. The number of aryl methyl sites for hydroxylation is 2. The maximum atomic E-state index is 12.2. The molecule has 1 aromatic rings. The molecule has 1 heterocycles. The van der Waals surface area contributed by atoms with Crippen LogP contribution < -0.4 is 0 Å². The van der Waals surface area contributed by atoms with Gasteiger partial charge in [-0.25, -0.2) is 9.59 Å². The van der Waals surface area contributed by atoms with Crippen molar-refractivity contribution < 1.29 is 19.1 Å². The topological polar surface area (TPSA) is 55.8 Å². The minimum Gasteiger partial charge on any atom is -0.465 e. The summed E-state index contributed by atoms with van der Waals surface area (Å²) in [7, 11) is 1.41. The number of carbonyl (C=O) groups excluding carboxylic acids is 2. The molecule has 144 valence electrons. The van der Waals surface area contributed by atoms with E-state index in [9.17, 15) is 9.59 Å². The molecule has 1 fully saturated rings. The number of rotatable bonds is 3. The molecule has 26 heavy (non-hydrogen) atoms. The Morgan fingerprint density at radius 1 is 1.12 bits per heavy atom. The lowest BCUT2D eigenvalue weighted by molar-refractivity contribution is 0.0184. The molecular formula is C21H31NO4. The maximum Gasteiger partial charge on any atom is 0.410 e. The molecule has 1 aromatic carbocycles. The van der Waals surface area contributed by atoms with Crippen LogP contribution in [-0.2, 0) is 15.9 Å². The summed E-state index contributed by atoms with van der Waals surface area (Å²) in [5.41, 5.74) is 3.51. The Morgan fingerprint density at radius 2 is 1.73 bits per heavy atom. The molecule has 0 spiro atoms. The van der Waals surface area contributed by atoms with E-state index in [2.05, 4.69) is 13.0 Å². The first-order valence-corrected chi connectivity index (χ1v) is 9.27. The van der Waals surface area contributed by atoms with E-state index in [-0.39, 0.29) is 12.1 Å². The molecule has 0 saturated carbocycles. The molecule has 0 unspecified atom stereocenters. The molecule has 1 saturated heterocycles. The molecule has 0 N–H and O–H groups in total. The summed E-state index contributed by atoms with van der Waals surface area (Å²) in [4.78, 5) is 25.9. The van der Waals surface area contributed by atoms with Crippen molar-refractivity contribution in [2.24, 2.45) is 5.92 Å². The molecule has 5 nitrogen and oxygen atoms in total. The second-order valence-corrected chi connectivity index (χ2v) is 8.20. The zero-order valence-corrected chi connectivity index (χ0v) is 16.8. The Labute approximate surface area is 156 Å². The van der Waals surface area contributed by atoms with Crippen LogP contribution >= 0.6 is 0 Å². The van der Waals surface area contributed by atoms with Gasteiger partial charge in [0.05, 0.1) is 12.7 Å². The summed E-state index contributed by atoms with van der Waals surface area (Å²) in [5.74, 6) is 0.212. The van der Waals surface area contributed by atoms with Crippen molar-refractivity contribution in [3.63, 3.8) is 0 Å². The average Bonchev–Trinajstić information content (AvgIpc) is 2.55. The number of methoxy groups -OCH3 is 1. The van der Waals surface area contributed by atoms with Gasteiger partial charge in [-0.2, -0.15) is 0 Å². The summed E-state index contributed by atoms with van der Waals surface area (Å²) in [6.45, 7) is 11.1. The van der Waals surface area contributed by atoms with Gasteiger partial charge >= 0.3 is 12.1 Å². The van der Waals surface area contributed by atoms with Crippen LogP contribution in [0.25, 0.3) is 0 Å². The van der Waals surface area contributed by atoms with Gasteiger partial charge in [-0.15, -0.1) is 0 Å². The first-order chi connectivity index (χ1) is 12.1. The van der Waals surface area contributed by atoms with Gasteiger partial charge in [0.1, 0.15) is 5.60 Å². The van der Waals surface area contributed by atoms with Crippen molar-refractivity contribution in [1.82, 2.24) is 4.90 Å². The fourth-order valence-electron chi connectivity index (χ4n) is 3.40. The minimum atomic E-state index is -0.461. The van der Waals surface area contributed by atoms with Crippen LogP contribution in [0.15, 0.2) is 12.1 Å². The highest BCUT2D eigenvalue weighted by Gasteiger charge is 2.27. The van der Waals surface area contributed by atoms with Crippen LogP contribution in [0.5, 0.6) is 0 Å². The molecule has 5 heteroatoms. The predicted molar refractivity (Wildman–Crippen MR) is 101 cm³/mol. The van der Waals surface area contributed by atoms with Crippen molar-refractivity contribution in [1.29, 1.82) is 0 Å². The van der Waals surface area contributed by atoms with Crippen LogP contribution in [0, 0.1) is 19.8 Å². The lowest BCUT2D eigenvalue weighted by atomic mass is 9.87. The van der Waals surface area contributed by atoms with Crippen molar-refractivity contribution in [2.45, 2.75) is 59.5 Å². The molecule has 0 aliphatic carbocycles. The zero-order chi connectivity index (χ0) is 19.5. The second kappa shape index (κ2) is 8.11. The smallest absolute Gasteiger partial charge is 0.410 e. The van der Waals surface area contributed by atoms with E-state index < -0.39 is 5.60 Å². The van der Waals surface area contributed by atoms with Gasteiger partial charge in [0, 0.05) is 13.1 Å². The Hall–Kier alpha value is -2.04. The van der Waals surface area contributed by atoms with E-state index in [4.69, 9.17) is 9.47 Å². The number of carbonyl (C=O) groups is 2. The molecule has 0 aromatic heterocycles. The molecule has 1 aliphatic rings. The van der Waals surface area contributed by atoms with Gasteiger partial charge in [-0.3, -0.25) is 0 Å². The van der Waals surface area contributed by atoms with Gasteiger partial charge in [0.25, 0.3) is 0 Å². The SMILES string of the molecule is COC(=O)c1cc(CC2CCN(C(=O)OC(C)(C)C)CC2)c(C)cc1C. The van der Waals surface area contributed by atoms with E-state index in [1.165, 1.54) is 18.2 Å². The number of piperidine rings is 1. The van der Waals surface area contributed by atoms with Crippen LogP contribution in [0.2, 0.25) is 0 Å². The highest BCUT2D eigenvalue weighted by Crippen LogP contribution is 2.26. The van der Waals surface area contributed by atoms with Crippen molar-refractivity contribution in [3.8, 4) is 0 Å². The van der Waals surface area contributed by atoms with E-state index >= 15 is 0 Å². The Balaban J connectivity index is 1.99. The normalized spacial score (nSPS) is 15.7. The minimum absolute atomic E-state index is 0.226. The third-order valence-electron chi connectivity index (χ3n) is 4.86. The fraction of sp³-hybridized carbons (Fsp3) is 0.619. The predicted octanol–water partition coefficient (Wildman–Crippen LogP) is 4.28. The number of likely N-dealkylation sites (tertiary alicyclic amines) is 1. The molecule has 1 amide bonds. The number of nitrogens with zero attached hydrogens (tertiary/aromatic N) is 1. The quantitative estimate of drug-likeness (QED) is 0.754. The Kier molecular flexibility index (Phi) is 6.32. The molecule has 0 radical (unpaired) electrons. The standard InChI is InChI=1S/C21H31NO4/c1-14-11-15(2)18(19(23)25-6)13-17(14)12-16-7-9-22(10-8-16)20(24)26-21(3,4)5/h11,13,16H,7-10,12H2,1-6H3. The molecule has 2 rings (SSSR count). The number of hydrogen-bond acceptors (Lipinski definition) is 4. The zero-order valence-electron chi connectivity index (χ0n) is 16.8. The molecule has 0 bridgehead atoms. The molecule has 1 aliphatic heterocycles. The number of esters is 1. The summed E-state index contributed by atoms with van der Waals surface area (Å²) in [6, 6.07) is 4.02. The second-order valence-electron chi connectivity index (χ2n) is 8.20. The summed E-state index contributed by atoms with van der Waals surface area (Å²) >= 11 is 0. The van der Waals surface area contributed by atoms with Crippen molar-refractivity contribution in [2.75, 3.05) is 20.2 Å². The number of hydrogen-bond donors (Lipinski definition) is 0. The summed E-state index contributed by atoms with van der Waals surface area (Å²) in [5, 5.41) is 0. The lowest BCUT2D eigenvalue weighted by Crippen LogP contribution is -2.42. The van der Waals surface area contributed by atoms with E-state index in [0.717, 1.165) is 24.8 Å². The Morgan fingerprint density at radius 3 is 2.27 bits per heavy atom. The number of ether oxygens (including phenoxy) is 2. The molecular weight excluding hydrogens is 330 g/mol. The van der Waals surface area contributed by atoms with Gasteiger partial charge < -0.3 is 14.4 Å². The number of amides is 1. The van der Waals surface area contributed by atoms with E-state index in [1.54, 1.807) is 4.90 Å². The van der Waals surface area contributed by atoms with E-state index in [0.29, 0.717) is 24.6 Å². The van der Waals surface area contributed by atoms with Crippen LogP contribution in [0.4, 0.5) is 4.79 Å². The Bertz CT molecular complexity index is 667. The summed E-state index contributed by atoms with van der Waals surface area (Å²) in [6.07, 6.45) is 2.58. The van der Waals surface area contributed by atoms with Gasteiger partial charge in [0.15, 0.2) is 0 Å². The maximum absolute atomic E-state index is 12.2. The first kappa shape index (κ1) is 20.3. The van der Waals surface area contributed by atoms with Crippen LogP contribution in [0.1, 0.15) is 60.7 Å². The van der Waals surface area contributed by atoms with Gasteiger partial charge in [-0.05, 0) is 82.6 Å². The van der Waals surface area contributed by atoms with Crippen LogP contribution in [-0.4, -0.2) is 42.8 Å². The van der Waals surface area contributed by atoms with Gasteiger partial charge in [0.2, 0.25) is 0 Å². The molecule has 0 atom stereocenters. The summed E-state index contributed by atoms with van der Waals surface area (Å²) < 4.78 is 10.3.